The summed E-state index contributed by atoms with van der Waals surface area (Å²) in [4.78, 5) is 64.9. The van der Waals surface area contributed by atoms with Gasteiger partial charge < -0.3 is 25.7 Å². The standard InChI is InChI=1S/C31H29N7O8/c1-18(39)37-16-21-15-23(35-31(33-17-32)34-22-7-10-24(11-8-22)38(45)46)9-12-25(21)28(37)29(42)36-26(30(43)44)14-20-4-2-19(3-5-20)6-13-27(40)41/h2-5,7-12,15,26,28H,6,13-14,16H2,1H3,(H,36,42)(H,40,41)(H,43,44)(H2,33,34,35). The lowest BCUT2D eigenvalue weighted by Crippen LogP contribution is -2.47. The van der Waals surface area contributed by atoms with Gasteiger partial charge in [-0.3, -0.25) is 29.8 Å². The van der Waals surface area contributed by atoms with Crippen LogP contribution < -0.4 is 16.0 Å². The monoisotopic (exact) mass is 627 g/mol. The van der Waals surface area contributed by atoms with Gasteiger partial charge in [-0.2, -0.15) is 5.26 Å². The zero-order valence-electron chi connectivity index (χ0n) is 24.5. The van der Waals surface area contributed by atoms with Crippen molar-refractivity contribution in [1.82, 2.24) is 15.5 Å². The van der Waals surface area contributed by atoms with Crippen LogP contribution in [-0.4, -0.2) is 55.8 Å². The maximum absolute atomic E-state index is 13.5. The summed E-state index contributed by atoms with van der Waals surface area (Å²) >= 11 is 0. The van der Waals surface area contributed by atoms with Crippen molar-refractivity contribution in [3.05, 3.63) is 99.1 Å². The lowest BCUT2D eigenvalue weighted by molar-refractivity contribution is -0.384. The number of hydrogen-bond acceptors (Lipinski definition) is 8. The third-order valence-corrected chi connectivity index (χ3v) is 7.19. The van der Waals surface area contributed by atoms with Crippen LogP contribution in [0.2, 0.25) is 0 Å². The number of nitriles is 1. The molecular formula is C31H29N7O8. The quantitative estimate of drug-likeness (QED) is 0.0518. The van der Waals surface area contributed by atoms with E-state index in [-0.39, 0.29) is 31.0 Å². The number of aliphatic carboxylic acids is 2. The number of anilines is 1. The molecule has 1 aliphatic heterocycles. The summed E-state index contributed by atoms with van der Waals surface area (Å²) in [6, 6.07) is 14.7. The van der Waals surface area contributed by atoms with E-state index < -0.39 is 40.8 Å². The van der Waals surface area contributed by atoms with Crippen LogP contribution in [0.3, 0.4) is 0 Å². The van der Waals surface area contributed by atoms with Crippen LogP contribution in [0, 0.1) is 21.6 Å². The first-order valence-corrected chi connectivity index (χ1v) is 13.9. The van der Waals surface area contributed by atoms with Gasteiger partial charge >= 0.3 is 11.9 Å². The number of non-ortho nitro benzene ring substituents is 1. The SMILES string of the molecule is CC(=O)N1Cc2cc(NC(=Nc3ccc([N+](=O)[O-])cc3)NC#N)ccc2C1C(=O)NC(Cc1ccc(CCC(=O)O)cc1)C(=O)O. The van der Waals surface area contributed by atoms with E-state index in [2.05, 4.69) is 20.9 Å². The molecule has 15 heteroatoms. The Hall–Kier alpha value is -6.30. The molecule has 15 nitrogen and oxygen atoms in total. The summed E-state index contributed by atoms with van der Waals surface area (Å²) in [7, 11) is 0. The normalized spacial score (nSPS) is 14.4. The lowest BCUT2D eigenvalue weighted by atomic mass is 10.0. The van der Waals surface area contributed by atoms with E-state index in [9.17, 15) is 39.7 Å². The zero-order valence-corrected chi connectivity index (χ0v) is 24.5. The van der Waals surface area contributed by atoms with Crippen molar-refractivity contribution in [3.63, 3.8) is 0 Å². The Morgan fingerprint density at radius 1 is 1.07 bits per heavy atom. The molecule has 2 amide bonds. The molecule has 0 saturated carbocycles. The highest BCUT2D eigenvalue weighted by atomic mass is 16.6. The van der Waals surface area contributed by atoms with Crippen molar-refractivity contribution in [1.29, 1.82) is 5.26 Å². The average Bonchev–Trinajstić information content (AvgIpc) is 3.40. The van der Waals surface area contributed by atoms with E-state index in [0.29, 0.717) is 34.5 Å². The number of carboxylic acid groups (broad SMARTS) is 2. The van der Waals surface area contributed by atoms with Crippen molar-refractivity contribution in [2.75, 3.05) is 5.32 Å². The number of benzene rings is 3. The van der Waals surface area contributed by atoms with Gasteiger partial charge in [0.2, 0.25) is 17.8 Å². The predicted octanol–water partition coefficient (Wildman–Crippen LogP) is 3.00. The third kappa shape index (κ3) is 8.20. The highest BCUT2D eigenvalue weighted by molar-refractivity contribution is 5.97. The summed E-state index contributed by atoms with van der Waals surface area (Å²) in [5.41, 5.74) is 3.18. The summed E-state index contributed by atoms with van der Waals surface area (Å²) in [5.74, 6) is -3.24. The highest BCUT2D eigenvalue weighted by Crippen LogP contribution is 2.36. The number of rotatable bonds is 11. The number of hydrogen-bond donors (Lipinski definition) is 5. The summed E-state index contributed by atoms with van der Waals surface area (Å²) in [5, 5.41) is 46.7. The molecule has 3 aromatic carbocycles. The second kappa shape index (κ2) is 14.4. The minimum atomic E-state index is -1.30. The van der Waals surface area contributed by atoms with Crippen molar-refractivity contribution in [3.8, 4) is 6.19 Å². The molecule has 236 valence electrons. The molecule has 46 heavy (non-hydrogen) atoms. The number of nitro groups is 1. The van der Waals surface area contributed by atoms with Crippen molar-refractivity contribution in [2.24, 2.45) is 4.99 Å². The first kappa shape index (κ1) is 32.6. The second-order valence-corrected chi connectivity index (χ2v) is 10.4. The Morgan fingerprint density at radius 3 is 2.33 bits per heavy atom. The van der Waals surface area contributed by atoms with Gasteiger partial charge in [0.25, 0.3) is 5.69 Å². The minimum Gasteiger partial charge on any atom is -0.481 e. The second-order valence-electron chi connectivity index (χ2n) is 10.4. The molecule has 0 saturated heterocycles. The van der Waals surface area contributed by atoms with Gasteiger partial charge in [0.15, 0.2) is 6.19 Å². The molecular weight excluding hydrogens is 598 g/mol. The number of aryl methyl sites for hydroxylation is 1. The number of carbonyl (C=O) groups excluding carboxylic acids is 2. The molecule has 5 N–H and O–H groups in total. The molecule has 0 aliphatic carbocycles. The summed E-state index contributed by atoms with van der Waals surface area (Å²) in [6.45, 7) is 1.37. The van der Waals surface area contributed by atoms with Crippen LogP contribution in [0.15, 0.2) is 71.7 Å². The first-order chi connectivity index (χ1) is 21.9. The van der Waals surface area contributed by atoms with Gasteiger partial charge in [-0.05, 0) is 52.9 Å². The Bertz CT molecular complexity index is 1730. The number of nitrogens with one attached hydrogen (secondary N) is 3. The topological polar surface area (TPSA) is 227 Å². The molecule has 3 aromatic rings. The molecule has 1 heterocycles. The van der Waals surface area contributed by atoms with Crippen LogP contribution in [0.4, 0.5) is 17.1 Å². The molecule has 4 rings (SSSR count). The van der Waals surface area contributed by atoms with E-state index in [1.807, 2.05) is 0 Å². The van der Waals surface area contributed by atoms with Crippen LogP contribution in [0.1, 0.15) is 41.6 Å². The van der Waals surface area contributed by atoms with Crippen molar-refractivity contribution in [2.45, 2.75) is 44.8 Å². The van der Waals surface area contributed by atoms with Gasteiger partial charge in [-0.25, -0.2) is 9.79 Å². The Kier molecular flexibility index (Phi) is 10.2. The van der Waals surface area contributed by atoms with E-state index in [4.69, 9.17) is 5.11 Å². The molecule has 0 aromatic heterocycles. The molecule has 0 bridgehead atoms. The van der Waals surface area contributed by atoms with Gasteiger partial charge in [0.1, 0.15) is 12.1 Å². The van der Waals surface area contributed by atoms with Crippen LogP contribution >= 0.6 is 0 Å². The predicted molar refractivity (Wildman–Crippen MR) is 164 cm³/mol. The number of nitrogens with zero attached hydrogens (tertiary/aromatic N) is 4. The lowest BCUT2D eigenvalue weighted by Gasteiger charge is -2.25. The van der Waals surface area contributed by atoms with Crippen molar-refractivity contribution < 1.29 is 34.3 Å². The molecule has 0 spiro atoms. The smallest absolute Gasteiger partial charge is 0.326 e. The Morgan fingerprint density at radius 2 is 1.74 bits per heavy atom. The van der Waals surface area contributed by atoms with Crippen molar-refractivity contribution >= 4 is 46.8 Å². The highest BCUT2D eigenvalue weighted by Gasteiger charge is 2.38. The number of carboxylic acids is 2. The van der Waals surface area contributed by atoms with Crippen LogP contribution in [0.5, 0.6) is 0 Å². The maximum Gasteiger partial charge on any atom is 0.326 e. The van der Waals surface area contributed by atoms with E-state index in [0.717, 1.165) is 5.56 Å². The average molecular weight is 628 g/mol. The number of nitro benzene ring substituents is 1. The first-order valence-electron chi connectivity index (χ1n) is 13.9. The van der Waals surface area contributed by atoms with E-state index in [1.54, 1.807) is 48.7 Å². The number of fused-ring (bicyclic) bond motifs is 1. The van der Waals surface area contributed by atoms with Gasteiger partial charge in [-0.1, -0.05) is 30.3 Å². The number of amides is 2. The summed E-state index contributed by atoms with van der Waals surface area (Å²) in [6.07, 6.45) is 2.02. The fourth-order valence-electron chi connectivity index (χ4n) is 4.94. The van der Waals surface area contributed by atoms with E-state index in [1.165, 1.54) is 36.1 Å². The molecule has 2 unspecified atom stereocenters. The number of carbonyl (C=O) groups is 4. The Labute approximate surface area is 262 Å². The molecule has 1 aliphatic rings. The fourth-order valence-corrected chi connectivity index (χ4v) is 4.94. The maximum atomic E-state index is 13.5. The fraction of sp³-hybridized carbons (Fsp3) is 0.226. The molecule has 2 atom stereocenters. The molecule has 0 fully saturated rings. The largest absolute Gasteiger partial charge is 0.481 e. The molecule has 0 radical (unpaired) electrons. The van der Waals surface area contributed by atoms with Gasteiger partial charge in [0, 0.05) is 44.1 Å². The van der Waals surface area contributed by atoms with Gasteiger partial charge in [-0.15, -0.1) is 0 Å². The minimum absolute atomic E-state index is 0.0197. The van der Waals surface area contributed by atoms with Crippen LogP contribution in [-0.2, 0) is 38.6 Å². The summed E-state index contributed by atoms with van der Waals surface area (Å²) < 4.78 is 0. The van der Waals surface area contributed by atoms with E-state index >= 15 is 0 Å². The number of guanidine groups is 1. The van der Waals surface area contributed by atoms with Crippen LogP contribution in [0.25, 0.3) is 0 Å². The third-order valence-electron chi connectivity index (χ3n) is 7.19. The van der Waals surface area contributed by atoms with Gasteiger partial charge in [0.05, 0.1) is 10.6 Å². The zero-order chi connectivity index (χ0) is 33.4. The Balaban J connectivity index is 1.51. The number of aliphatic imine (C=N–C) groups is 1.